The molecule has 7 atom stereocenters. The van der Waals surface area contributed by atoms with Crippen molar-refractivity contribution in [3.05, 3.63) is 0 Å². The zero-order chi connectivity index (χ0) is 17.6. The summed E-state index contributed by atoms with van der Waals surface area (Å²) in [4.78, 5) is 7.04. The Morgan fingerprint density at radius 2 is 1.78 bits per heavy atom. The average molecular weight is 347 g/mol. The molecule has 2 nitrogen and oxygen atoms in total. The Morgan fingerprint density at radius 3 is 2.26 bits per heavy atom. The molecule has 23 heavy (non-hydrogen) atoms. The molecule has 0 radical (unpaired) electrons. The lowest BCUT2D eigenvalue weighted by atomic mass is 9.77. The molecule has 1 heterocycles. The zero-order valence-corrected chi connectivity index (χ0v) is 16.6. The van der Waals surface area contributed by atoms with E-state index in [2.05, 4.69) is 44.5 Å². The zero-order valence-electron chi connectivity index (χ0n) is 15.8. The van der Waals surface area contributed by atoms with Crippen LogP contribution in [-0.2, 0) is 0 Å². The largest absolute Gasteiger partial charge is 0.354 e. The molecular formula is C19H36ClFN2. The molecule has 0 saturated carbocycles. The Morgan fingerprint density at radius 1 is 1.13 bits per heavy atom. The fourth-order valence-electron chi connectivity index (χ4n) is 4.15. The van der Waals surface area contributed by atoms with Crippen molar-refractivity contribution < 1.29 is 4.39 Å². The minimum absolute atomic E-state index is 0.0414. The number of halogens is 2. The van der Waals surface area contributed by atoms with Gasteiger partial charge in [0.05, 0.1) is 18.4 Å². The number of nitrogens with zero attached hydrogens (tertiary/aromatic N) is 2. The number of alkyl halides is 2. The summed E-state index contributed by atoms with van der Waals surface area (Å²) in [5.74, 6) is 1.58. The molecule has 136 valence electrons. The maximum atomic E-state index is 14.8. The first kappa shape index (κ1) is 20.7. The van der Waals surface area contributed by atoms with Gasteiger partial charge >= 0.3 is 0 Å². The Hall–Kier alpha value is -0.310. The highest BCUT2D eigenvalue weighted by Gasteiger charge is 2.43. The number of hydrogen-bond donors (Lipinski definition) is 0. The topological polar surface area (TPSA) is 15.6 Å². The summed E-state index contributed by atoms with van der Waals surface area (Å²) in [6.07, 6.45) is 4.86. The highest BCUT2D eigenvalue weighted by molar-refractivity contribution is 6.17. The van der Waals surface area contributed by atoms with E-state index in [0.717, 1.165) is 19.3 Å². The van der Waals surface area contributed by atoms with Gasteiger partial charge in [0.1, 0.15) is 6.17 Å². The van der Waals surface area contributed by atoms with Gasteiger partial charge in [-0.25, -0.2) is 4.39 Å². The molecule has 1 aliphatic rings. The van der Waals surface area contributed by atoms with E-state index in [9.17, 15) is 4.39 Å². The SMILES string of the molecule is CCC(F)C(C1C(C)N=CN1C(CC)C(C)CCCl)[C@@H](C)CC. The molecule has 0 N–H and O–H groups in total. The van der Waals surface area contributed by atoms with Crippen molar-refractivity contribution >= 4 is 17.9 Å². The van der Waals surface area contributed by atoms with Crippen LogP contribution in [0.25, 0.3) is 0 Å². The first-order valence-electron chi connectivity index (χ1n) is 9.43. The Labute approximate surface area is 147 Å². The van der Waals surface area contributed by atoms with Gasteiger partial charge < -0.3 is 4.90 Å². The van der Waals surface area contributed by atoms with E-state index in [4.69, 9.17) is 11.6 Å². The Kier molecular flexibility index (Phi) is 8.89. The molecule has 0 aromatic rings. The average Bonchev–Trinajstić information content (AvgIpc) is 2.90. The number of hydrogen-bond acceptors (Lipinski definition) is 2. The van der Waals surface area contributed by atoms with Gasteiger partial charge in [-0.05, 0) is 38.0 Å². The van der Waals surface area contributed by atoms with E-state index >= 15 is 0 Å². The third-order valence-corrected chi connectivity index (χ3v) is 6.02. The Bertz CT molecular complexity index is 353. The fraction of sp³-hybridized carbons (Fsp3) is 0.947. The third-order valence-electron chi connectivity index (χ3n) is 5.80. The minimum Gasteiger partial charge on any atom is -0.354 e. The van der Waals surface area contributed by atoms with Crippen LogP contribution in [0.3, 0.4) is 0 Å². The predicted octanol–water partition coefficient (Wildman–Crippen LogP) is 5.54. The normalized spacial score (nSPS) is 27.7. The van der Waals surface area contributed by atoms with Crippen LogP contribution in [0.5, 0.6) is 0 Å². The van der Waals surface area contributed by atoms with E-state index in [0.29, 0.717) is 30.2 Å². The van der Waals surface area contributed by atoms with Crippen molar-refractivity contribution in [1.82, 2.24) is 4.90 Å². The summed E-state index contributed by atoms with van der Waals surface area (Å²) in [6.45, 7) is 12.9. The second-order valence-corrected chi connectivity index (χ2v) is 7.64. The lowest BCUT2D eigenvalue weighted by Gasteiger charge is -2.43. The van der Waals surface area contributed by atoms with Crippen molar-refractivity contribution in [2.45, 2.75) is 91.5 Å². The maximum absolute atomic E-state index is 14.8. The summed E-state index contributed by atoms with van der Waals surface area (Å²) in [5.41, 5.74) is 0. The van der Waals surface area contributed by atoms with Gasteiger partial charge in [0.25, 0.3) is 0 Å². The minimum atomic E-state index is -0.762. The molecule has 0 aliphatic carbocycles. The quantitative estimate of drug-likeness (QED) is 0.474. The van der Waals surface area contributed by atoms with Gasteiger partial charge in [0.15, 0.2) is 0 Å². The van der Waals surface area contributed by atoms with Crippen LogP contribution in [0, 0.1) is 17.8 Å². The molecule has 0 amide bonds. The molecule has 0 bridgehead atoms. The molecule has 1 aliphatic heterocycles. The van der Waals surface area contributed by atoms with Crippen molar-refractivity contribution in [3.8, 4) is 0 Å². The molecule has 6 unspecified atom stereocenters. The fourth-order valence-corrected chi connectivity index (χ4v) is 4.49. The monoisotopic (exact) mass is 346 g/mol. The molecular weight excluding hydrogens is 311 g/mol. The van der Waals surface area contributed by atoms with Gasteiger partial charge in [-0.2, -0.15) is 0 Å². The number of rotatable bonds is 10. The molecule has 0 saturated heterocycles. The molecule has 0 aromatic carbocycles. The van der Waals surface area contributed by atoms with E-state index in [1.807, 2.05) is 13.3 Å². The second kappa shape index (κ2) is 9.86. The van der Waals surface area contributed by atoms with Crippen molar-refractivity contribution in [1.29, 1.82) is 0 Å². The van der Waals surface area contributed by atoms with Crippen LogP contribution >= 0.6 is 11.6 Å². The maximum Gasteiger partial charge on any atom is 0.105 e. The van der Waals surface area contributed by atoms with Crippen molar-refractivity contribution in [3.63, 3.8) is 0 Å². The summed E-state index contributed by atoms with van der Waals surface area (Å²) in [6, 6.07) is 0.724. The highest BCUT2D eigenvalue weighted by Crippen LogP contribution is 2.36. The van der Waals surface area contributed by atoms with E-state index in [1.165, 1.54) is 0 Å². The van der Waals surface area contributed by atoms with Gasteiger partial charge in [0.2, 0.25) is 0 Å². The van der Waals surface area contributed by atoms with Crippen molar-refractivity contribution in [2.24, 2.45) is 22.7 Å². The molecule has 4 heteroatoms. The summed E-state index contributed by atoms with van der Waals surface area (Å²) >= 11 is 5.97. The van der Waals surface area contributed by atoms with Gasteiger partial charge in [-0.3, -0.25) is 4.99 Å². The first-order valence-corrected chi connectivity index (χ1v) is 9.96. The van der Waals surface area contributed by atoms with E-state index in [1.54, 1.807) is 0 Å². The van der Waals surface area contributed by atoms with Crippen LogP contribution in [0.15, 0.2) is 4.99 Å². The smallest absolute Gasteiger partial charge is 0.105 e. The van der Waals surface area contributed by atoms with Crippen LogP contribution in [-0.4, -0.2) is 41.4 Å². The first-order chi connectivity index (χ1) is 10.9. The molecule has 1 rings (SSSR count). The molecule has 0 spiro atoms. The summed E-state index contributed by atoms with van der Waals surface area (Å²) < 4.78 is 14.8. The third kappa shape index (κ3) is 4.84. The summed E-state index contributed by atoms with van der Waals surface area (Å²) in [5, 5.41) is 0. The molecule has 0 aromatic heterocycles. The standard InChI is InChI=1S/C19H36ClFN2/c1-7-13(4)18(16(21)8-2)19-15(6)22-12-23(19)17(9-3)14(5)10-11-20/h12-19H,7-11H2,1-6H3/t13-,14?,15?,16?,17?,18?,19?/m0/s1. The van der Waals surface area contributed by atoms with Gasteiger partial charge in [-0.1, -0.05) is 41.0 Å². The highest BCUT2D eigenvalue weighted by atomic mass is 35.5. The Balaban J connectivity index is 3.08. The van der Waals surface area contributed by atoms with Crippen molar-refractivity contribution in [2.75, 3.05) is 5.88 Å². The van der Waals surface area contributed by atoms with E-state index < -0.39 is 6.17 Å². The van der Waals surface area contributed by atoms with Crippen LogP contribution < -0.4 is 0 Å². The lowest BCUT2D eigenvalue weighted by molar-refractivity contribution is 0.0540. The molecule has 0 fully saturated rings. The predicted molar refractivity (Wildman–Crippen MR) is 100 cm³/mol. The van der Waals surface area contributed by atoms with Crippen LogP contribution in [0.4, 0.5) is 4.39 Å². The number of aliphatic imine (C=N–C) groups is 1. The second-order valence-electron chi connectivity index (χ2n) is 7.26. The van der Waals surface area contributed by atoms with Gasteiger partial charge in [-0.15, -0.1) is 11.6 Å². The summed E-state index contributed by atoms with van der Waals surface area (Å²) in [7, 11) is 0. The van der Waals surface area contributed by atoms with Crippen LogP contribution in [0.2, 0.25) is 0 Å². The van der Waals surface area contributed by atoms with E-state index in [-0.39, 0.29) is 18.0 Å². The van der Waals surface area contributed by atoms with Gasteiger partial charge in [0, 0.05) is 17.8 Å². The van der Waals surface area contributed by atoms with Crippen LogP contribution in [0.1, 0.15) is 67.2 Å². The lowest BCUT2D eigenvalue weighted by Crippen LogP contribution is -2.52.